The fraction of sp³-hybridized carbons (Fsp3) is 0.500. The smallest absolute Gasteiger partial charge is 0.0116 e. The summed E-state index contributed by atoms with van der Waals surface area (Å²) >= 11 is 0. The number of hydrogen-bond donors (Lipinski definition) is 1. The highest BCUT2D eigenvalue weighted by Crippen LogP contribution is 2.10. The summed E-state index contributed by atoms with van der Waals surface area (Å²) in [5, 5.41) is 0. The van der Waals surface area contributed by atoms with Crippen LogP contribution in [0.5, 0.6) is 0 Å². The molecule has 0 aromatic carbocycles. The Bertz CT molecular complexity index is 215. The molecule has 0 aliphatic rings. The van der Waals surface area contributed by atoms with Crippen LogP contribution in [0.4, 0.5) is 0 Å². The minimum absolute atomic E-state index is 0.911. The van der Waals surface area contributed by atoms with Gasteiger partial charge in [-0.15, -0.1) is 5.73 Å². The third-order valence-corrected chi connectivity index (χ3v) is 1.79. The Morgan fingerprint density at radius 2 is 2.00 bits per heavy atom. The molecule has 0 saturated heterocycles. The van der Waals surface area contributed by atoms with Gasteiger partial charge in [0, 0.05) is 5.70 Å². The summed E-state index contributed by atoms with van der Waals surface area (Å²) in [5.41, 5.74) is 12.1. The van der Waals surface area contributed by atoms with Gasteiger partial charge in [-0.25, -0.2) is 0 Å². The molecule has 0 spiro atoms. The van der Waals surface area contributed by atoms with Crippen LogP contribution in [0.3, 0.4) is 0 Å². The lowest BCUT2D eigenvalue weighted by Crippen LogP contribution is -1.99. The van der Waals surface area contributed by atoms with Gasteiger partial charge in [-0.3, -0.25) is 0 Å². The minimum Gasteiger partial charge on any atom is -0.402 e. The lowest BCUT2D eigenvalue weighted by Gasteiger charge is -2.02. The van der Waals surface area contributed by atoms with Crippen molar-refractivity contribution in [1.29, 1.82) is 0 Å². The van der Waals surface area contributed by atoms with Crippen LogP contribution < -0.4 is 5.73 Å². The zero-order valence-electron chi connectivity index (χ0n) is 7.86. The van der Waals surface area contributed by atoms with Crippen molar-refractivity contribution in [3.63, 3.8) is 0 Å². The second-order valence-electron chi connectivity index (χ2n) is 2.56. The first-order valence-corrected chi connectivity index (χ1v) is 3.97. The molecule has 0 aliphatic heterocycles. The van der Waals surface area contributed by atoms with Crippen LogP contribution in [0.1, 0.15) is 34.1 Å². The predicted octanol–water partition coefficient (Wildman–Crippen LogP) is 2.75. The van der Waals surface area contributed by atoms with Crippen molar-refractivity contribution in [3.8, 4) is 0 Å². The van der Waals surface area contributed by atoms with Gasteiger partial charge in [0.2, 0.25) is 0 Å². The topological polar surface area (TPSA) is 26.0 Å². The molecule has 0 atom stereocenters. The summed E-state index contributed by atoms with van der Waals surface area (Å²) < 4.78 is 0. The van der Waals surface area contributed by atoms with E-state index >= 15 is 0 Å². The molecule has 0 rings (SSSR count). The lowest BCUT2D eigenvalue weighted by molar-refractivity contribution is 1.03. The van der Waals surface area contributed by atoms with Crippen LogP contribution in [-0.2, 0) is 0 Å². The minimum atomic E-state index is 0.911. The maximum Gasteiger partial charge on any atom is 0.0116 e. The van der Waals surface area contributed by atoms with Crippen molar-refractivity contribution in [2.45, 2.75) is 34.1 Å². The fourth-order valence-corrected chi connectivity index (χ4v) is 0.831. The quantitative estimate of drug-likeness (QED) is 0.476. The monoisotopic (exact) mass is 151 g/mol. The van der Waals surface area contributed by atoms with E-state index in [4.69, 9.17) is 5.73 Å². The molecule has 0 saturated carbocycles. The fourth-order valence-electron chi connectivity index (χ4n) is 0.831. The first-order valence-electron chi connectivity index (χ1n) is 3.97. The van der Waals surface area contributed by atoms with E-state index in [1.165, 1.54) is 0 Å². The second-order valence-corrected chi connectivity index (χ2v) is 2.56. The van der Waals surface area contributed by atoms with Gasteiger partial charge in [0.05, 0.1) is 0 Å². The Balaban J connectivity index is 4.75. The standard InChI is InChI=1S/C10H17N/c1-5-7-8(3)9(4)10(11)6-2/h5H,6,11H2,1-4H3/b10-9+. The van der Waals surface area contributed by atoms with Crippen LogP contribution in [0.2, 0.25) is 0 Å². The highest BCUT2D eigenvalue weighted by atomic mass is 14.6. The molecule has 0 aliphatic carbocycles. The lowest BCUT2D eigenvalue weighted by atomic mass is 10.1. The molecule has 11 heavy (non-hydrogen) atoms. The Hall–Kier alpha value is -0.940. The first kappa shape index (κ1) is 10.1. The summed E-state index contributed by atoms with van der Waals surface area (Å²) in [5.74, 6) is 0. The maximum absolute atomic E-state index is 5.75. The van der Waals surface area contributed by atoms with Gasteiger partial charge in [0.1, 0.15) is 0 Å². The predicted molar refractivity (Wildman–Crippen MR) is 50.1 cm³/mol. The maximum atomic E-state index is 5.75. The average molecular weight is 151 g/mol. The molecule has 1 heteroatoms. The molecule has 1 nitrogen and oxygen atoms in total. The van der Waals surface area contributed by atoms with Crippen molar-refractivity contribution in [1.82, 2.24) is 0 Å². The number of rotatable bonds is 2. The Labute approximate surface area is 69.3 Å². The molecule has 0 radical (unpaired) electrons. The van der Waals surface area contributed by atoms with E-state index in [0.29, 0.717) is 0 Å². The average Bonchev–Trinajstić information content (AvgIpc) is 2.02. The summed E-state index contributed by atoms with van der Waals surface area (Å²) in [6, 6.07) is 0. The normalized spacial score (nSPS) is 11.6. The summed E-state index contributed by atoms with van der Waals surface area (Å²) in [7, 11) is 0. The first-order chi connectivity index (χ1) is 5.13. The molecule has 0 fully saturated rings. The van der Waals surface area contributed by atoms with Crippen molar-refractivity contribution >= 4 is 0 Å². The zero-order chi connectivity index (χ0) is 8.85. The van der Waals surface area contributed by atoms with Crippen molar-refractivity contribution in [3.05, 3.63) is 28.7 Å². The van der Waals surface area contributed by atoms with Gasteiger partial charge >= 0.3 is 0 Å². The SMILES string of the molecule is CC=C=C(C)/C(C)=C(/N)CC. The van der Waals surface area contributed by atoms with Gasteiger partial charge in [0.25, 0.3) is 0 Å². The van der Waals surface area contributed by atoms with Gasteiger partial charge < -0.3 is 5.73 Å². The molecule has 0 aromatic heterocycles. The molecule has 0 unspecified atom stereocenters. The molecule has 0 aromatic rings. The number of hydrogen-bond acceptors (Lipinski definition) is 1. The number of allylic oxidation sites excluding steroid dienone is 3. The molecule has 0 bridgehead atoms. The van der Waals surface area contributed by atoms with Gasteiger partial charge in [-0.05, 0) is 44.4 Å². The highest BCUT2D eigenvalue weighted by Gasteiger charge is 1.95. The second kappa shape index (κ2) is 4.81. The summed E-state index contributed by atoms with van der Waals surface area (Å²) in [6.07, 6.45) is 2.82. The van der Waals surface area contributed by atoms with E-state index in [9.17, 15) is 0 Å². The Morgan fingerprint density at radius 1 is 1.45 bits per heavy atom. The Kier molecular flexibility index (Phi) is 4.40. The van der Waals surface area contributed by atoms with Crippen LogP contribution in [0.15, 0.2) is 28.7 Å². The molecule has 0 amide bonds. The van der Waals surface area contributed by atoms with E-state index in [0.717, 1.165) is 23.3 Å². The molecule has 0 heterocycles. The highest BCUT2D eigenvalue weighted by molar-refractivity contribution is 5.29. The van der Waals surface area contributed by atoms with Crippen molar-refractivity contribution < 1.29 is 0 Å². The Morgan fingerprint density at radius 3 is 2.36 bits per heavy atom. The van der Waals surface area contributed by atoms with E-state index in [1.807, 2.05) is 26.8 Å². The van der Waals surface area contributed by atoms with Crippen LogP contribution in [0.25, 0.3) is 0 Å². The summed E-state index contributed by atoms with van der Waals surface area (Å²) in [6.45, 7) is 8.07. The molecular weight excluding hydrogens is 134 g/mol. The van der Waals surface area contributed by atoms with Crippen molar-refractivity contribution in [2.24, 2.45) is 5.73 Å². The number of nitrogens with two attached hydrogens (primary N) is 1. The third kappa shape index (κ3) is 3.10. The van der Waals surface area contributed by atoms with Crippen LogP contribution in [-0.4, -0.2) is 0 Å². The largest absolute Gasteiger partial charge is 0.402 e. The van der Waals surface area contributed by atoms with Gasteiger partial charge in [0.15, 0.2) is 0 Å². The van der Waals surface area contributed by atoms with E-state index < -0.39 is 0 Å². The zero-order valence-corrected chi connectivity index (χ0v) is 7.86. The van der Waals surface area contributed by atoms with E-state index in [2.05, 4.69) is 12.7 Å². The van der Waals surface area contributed by atoms with Crippen LogP contribution >= 0.6 is 0 Å². The van der Waals surface area contributed by atoms with Crippen molar-refractivity contribution in [2.75, 3.05) is 0 Å². The summed E-state index contributed by atoms with van der Waals surface area (Å²) in [4.78, 5) is 0. The van der Waals surface area contributed by atoms with E-state index in [-0.39, 0.29) is 0 Å². The molecule has 2 N–H and O–H groups in total. The van der Waals surface area contributed by atoms with Gasteiger partial charge in [-0.1, -0.05) is 6.92 Å². The molecular formula is C10H17N. The van der Waals surface area contributed by atoms with Gasteiger partial charge in [-0.2, -0.15) is 0 Å². The van der Waals surface area contributed by atoms with E-state index in [1.54, 1.807) is 0 Å². The molecule has 62 valence electrons. The third-order valence-electron chi connectivity index (χ3n) is 1.79. The van der Waals surface area contributed by atoms with Crippen LogP contribution in [0, 0.1) is 0 Å².